The Morgan fingerprint density at radius 3 is 2.66 bits per heavy atom. The second-order valence-corrected chi connectivity index (χ2v) is 9.32. The molecule has 0 fully saturated rings. The lowest BCUT2D eigenvalue weighted by molar-refractivity contribution is 0.134. The van der Waals surface area contributed by atoms with Crippen LogP contribution < -0.4 is 9.47 Å². The standard InChI is InChI=1S/C25H26N2O2/c1-24(2)13-17-12-20(28-5)23-18(14-25(3,4)29-23)21(17)22(27-24)16-8-9-19-15(11-16)7-6-10-26-19/h6-12H,13-14H2,1-5H3. The lowest BCUT2D eigenvalue weighted by atomic mass is 9.81. The van der Waals surface area contributed by atoms with Crippen LogP contribution in [-0.2, 0) is 12.8 Å². The second kappa shape index (κ2) is 6.06. The van der Waals surface area contributed by atoms with E-state index in [1.54, 1.807) is 7.11 Å². The highest BCUT2D eigenvalue weighted by atomic mass is 16.5. The molecule has 0 saturated heterocycles. The van der Waals surface area contributed by atoms with Gasteiger partial charge in [0.25, 0.3) is 0 Å². The molecule has 0 radical (unpaired) electrons. The van der Waals surface area contributed by atoms with Crippen LogP contribution in [0.4, 0.5) is 0 Å². The summed E-state index contributed by atoms with van der Waals surface area (Å²) in [5, 5.41) is 1.12. The van der Waals surface area contributed by atoms with E-state index in [-0.39, 0.29) is 11.1 Å². The van der Waals surface area contributed by atoms with Crippen molar-refractivity contribution in [1.82, 2.24) is 4.98 Å². The highest BCUT2D eigenvalue weighted by molar-refractivity contribution is 6.17. The van der Waals surface area contributed by atoms with Crippen LogP contribution in [0.25, 0.3) is 10.9 Å². The number of hydrogen-bond donors (Lipinski definition) is 0. The van der Waals surface area contributed by atoms with E-state index in [2.05, 4.69) is 63.0 Å². The first-order valence-corrected chi connectivity index (χ1v) is 10.1. The first-order valence-electron chi connectivity index (χ1n) is 10.1. The van der Waals surface area contributed by atoms with Crippen molar-refractivity contribution in [3.8, 4) is 11.5 Å². The molecule has 0 amide bonds. The van der Waals surface area contributed by atoms with Crippen molar-refractivity contribution in [2.24, 2.45) is 4.99 Å². The minimum Gasteiger partial charge on any atom is -0.493 e. The van der Waals surface area contributed by atoms with E-state index in [1.165, 1.54) is 16.7 Å². The van der Waals surface area contributed by atoms with Crippen LogP contribution in [0.2, 0.25) is 0 Å². The molecule has 0 atom stereocenters. The van der Waals surface area contributed by atoms with Gasteiger partial charge >= 0.3 is 0 Å². The zero-order valence-electron chi connectivity index (χ0n) is 17.7. The largest absolute Gasteiger partial charge is 0.493 e. The molecule has 148 valence electrons. The minimum atomic E-state index is -0.254. The number of pyridine rings is 1. The van der Waals surface area contributed by atoms with Gasteiger partial charge in [-0.3, -0.25) is 9.98 Å². The van der Waals surface area contributed by atoms with Gasteiger partial charge in [-0.25, -0.2) is 0 Å². The maximum absolute atomic E-state index is 6.30. The van der Waals surface area contributed by atoms with Crippen LogP contribution in [0, 0.1) is 0 Å². The van der Waals surface area contributed by atoms with Crippen molar-refractivity contribution >= 4 is 16.6 Å². The zero-order valence-corrected chi connectivity index (χ0v) is 17.7. The highest BCUT2D eigenvalue weighted by Crippen LogP contribution is 2.47. The maximum Gasteiger partial charge on any atom is 0.166 e. The van der Waals surface area contributed by atoms with Crippen LogP contribution >= 0.6 is 0 Å². The van der Waals surface area contributed by atoms with Crippen molar-refractivity contribution in [3.63, 3.8) is 0 Å². The fourth-order valence-corrected chi connectivity index (χ4v) is 4.65. The van der Waals surface area contributed by atoms with Crippen LogP contribution in [0.3, 0.4) is 0 Å². The number of nitrogens with zero attached hydrogens (tertiary/aromatic N) is 2. The first kappa shape index (κ1) is 18.2. The van der Waals surface area contributed by atoms with E-state index >= 15 is 0 Å². The number of rotatable bonds is 2. The van der Waals surface area contributed by atoms with Gasteiger partial charge in [0.2, 0.25) is 0 Å². The topological polar surface area (TPSA) is 43.7 Å². The third kappa shape index (κ3) is 2.98. The van der Waals surface area contributed by atoms with Crippen molar-refractivity contribution in [3.05, 3.63) is 64.8 Å². The van der Waals surface area contributed by atoms with E-state index in [0.29, 0.717) is 0 Å². The van der Waals surface area contributed by atoms with Gasteiger partial charge in [-0.1, -0.05) is 12.1 Å². The third-order valence-electron chi connectivity index (χ3n) is 5.78. The Kier molecular flexibility index (Phi) is 3.79. The summed E-state index contributed by atoms with van der Waals surface area (Å²) in [5.74, 6) is 1.69. The molecule has 3 aromatic rings. The maximum atomic E-state index is 6.30. The lowest BCUT2D eigenvalue weighted by Gasteiger charge is -2.31. The Hall–Kier alpha value is -2.88. The van der Waals surface area contributed by atoms with Crippen molar-refractivity contribution in [2.45, 2.75) is 51.7 Å². The van der Waals surface area contributed by atoms with Gasteiger partial charge in [-0.05, 0) is 63.9 Å². The highest BCUT2D eigenvalue weighted by Gasteiger charge is 2.39. The number of aromatic nitrogens is 1. The molecule has 4 nitrogen and oxygen atoms in total. The molecule has 1 aromatic heterocycles. The van der Waals surface area contributed by atoms with Gasteiger partial charge in [0.15, 0.2) is 11.5 Å². The van der Waals surface area contributed by atoms with Crippen LogP contribution in [0.15, 0.2) is 47.6 Å². The summed E-state index contributed by atoms with van der Waals surface area (Å²) < 4.78 is 12.0. The predicted molar refractivity (Wildman–Crippen MR) is 117 cm³/mol. The smallest absolute Gasteiger partial charge is 0.166 e. The van der Waals surface area contributed by atoms with Crippen LogP contribution in [0.5, 0.6) is 11.5 Å². The number of aliphatic imine (C=N–C) groups is 1. The lowest BCUT2D eigenvalue weighted by Crippen LogP contribution is -2.30. The van der Waals surface area contributed by atoms with Crippen LogP contribution in [-0.4, -0.2) is 28.9 Å². The summed E-state index contributed by atoms with van der Waals surface area (Å²) in [5.41, 5.74) is 6.44. The monoisotopic (exact) mass is 386 g/mol. The fourth-order valence-electron chi connectivity index (χ4n) is 4.65. The van der Waals surface area contributed by atoms with Crippen molar-refractivity contribution < 1.29 is 9.47 Å². The van der Waals surface area contributed by atoms with E-state index < -0.39 is 0 Å². The fraction of sp³-hybridized carbons (Fsp3) is 0.360. The Balaban J connectivity index is 1.77. The molecule has 2 aliphatic rings. The zero-order chi connectivity index (χ0) is 20.4. The van der Waals surface area contributed by atoms with Gasteiger partial charge in [0.05, 0.1) is 23.9 Å². The van der Waals surface area contributed by atoms with E-state index in [9.17, 15) is 0 Å². The van der Waals surface area contributed by atoms with Crippen molar-refractivity contribution in [1.29, 1.82) is 0 Å². The molecule has 4 heteroatoms. The Morgan fingerprint density at radius 2 is 1.86 bits per heavy atom. The molecule has 0 spiro atoms. The SMILES string of the molecule is COc1cc2c(c3c1OC(C)(C)C3)C(c1ccc3ncccc3c1)=NC(C)(C)C2. The Bertz CT molecular complexity index is 1170. The minimum absolute atomic E-state index is 0.180. The average Bonchev–Trinajstić information content (AvgIpc) is 3.00. The molecule has 0 unspecified atom stereocenters. The molecule has 2 aromatic carbocycles. The molecule has 5 rings (SSSR count). The summed E-state index contributed by atoms with van der Waals surface area (Å²) in [6.45, 7) is 8.64. The Morgan fingerprint density at radius 1 is 1.03 bits per heavy atom. The summed E-state index contributed by atoms with van der Waals surface area (Å²) >= 11 is 0. The molecule has 3 heterocycles. The third-order valence-corrected chi connectivity index (χ3v) is 5.78. The molecular weight excluding hydrogens is 360 g/mol. The van der Waals surface area contributed by atoms with Crippen molar-refractivity contribution in [2.75, 3.05) is 7.11 Å². The molecule has 29 heavy (non-hydrogen) atoms. The van der Waals surface area contributed by atoms with Gasteiger partial charge in [-0.15, -0.1) is 0 Å². The van der Waals surface area contributed by atoms with Gasteiger partial charge in [0, 0.05) is 34.7 Å². The number of methoxy groups -OCH3 is 1. The van der Waals surface area contributed by atoms with E-state index in [4.69, 9.17) is 14.5 Å². The Labute approximate surface area is 171 Å². The van der Waals surface area contributed by atoms with Gasteiger partial charge in [-0.2, -0.15) is 0 Å². The molecule has 2 aliphatic heterocycles. The molecule has 0 N–H and O–H groups in total. The number of benzene rings is 2. The summed E-state index contributed by atoms with van der Waals surface area (Å²) in [6, 6.07) is 12.6. The van der Waals surface area contributed by atoms with E-state index in [1.807, 2.05) is 12.3 Å². The average molecular weight is 386 g/mol. The van der Waals surface area contributed by atoms with Crippen LogP contribution in [0.1, 0.15) is 49.9 Å². The number of hydrogen-bond acceptors (Lipinski definition) is 4. The summed E-state index contributed by atoms with van der Waals surface area (Å²) in [4.78, 5) is 9.68. The summed E-state index contributed by atoms with van der Waals surface area (Å²) in [7, 11) is 1.72. The molecule has 0 saturated carbocycles. The van der Waals surface area contributed by atoms with Gasteiger partial charge < -0.3 is 9.47 Å². The van der Waals surface area contributed by atoms with E-state index in [0.717, 1.165) is 46.5 Å². The molecular formula is C25H26N2O2. The molecule has 0 bridgehead atoms. The summed E-state index contributed by atoms with van der Waals surface area (Å²) in [6.07, 6.45) is 3.55. The molecule has 0 aliphatic carbocycles. The quantitative estimate of drug-likeness (QED) is 0.613. The first-order chi connectivity index (χ1) is 13.8. The number of fused-ring (bicyclic) bond motifs is 4. The second-order valence-electron chi connectivity index (χ2n) is 9.32. The van der Waals surface area contributed by atoms with Gasteiger partial charge in [0.1, 0.15) is 5.60 Å². The predicted octanol–water partition coefficient (Wildman–Crippen LogP) is 5.13. The normalized spacial score (nSPS) is 18.6. The number of ether oxygens (including phenoxy) is 2.